The summed E-state index contributed by atoms with van der Waals surface area (Å²) in [4.78, 5) is 0. The number of methoxy groups -OCH3 is 1. The Hall–Kier alpha value is -1.06. The molecule has 0 spiro atoms. The Labute approximate surface area is 90.1 Å². The molecule has 2 unspecified atom stereocenters. The van der Waals surface area contributed by atoms with Crippen molar-refractivity contribution in [3.63, 3.8) is 0 Å². The van der Waals surface area contributed by atoms with Crippen LogP contribution < -0.4 is 10.1 Å². The number of aliphatic hydroxyl groups is 1. The summed E-state index contributed by atoms with van der Waals surface area (Å²) in [7, 11) is 1.67. The summed E-state index contributed by atoms with van der Waals surface area (Å²) in [6.45, 7) is 0.691. The van der Waals surface area contributed by atoms with Crippen LogP contribution in [0.2, 0.25) is 0 Å². The van der Waals surface area contributed by atoms with E-state index < -0.39 is 0 Å². The number of hydrogen-bond acceptors (Lipinski definition) is 3. The zero-order chi connectivity index (χ0) is 10.7. The third kappa shape index (κ3) is 2.49. The van der Waals surface area contributed by atoms with Gasteiger partial charge in [0.1, 0.15) is 5.75 Å². The third-order valence-corrected chi connectivity index (χ3v) is 2.91. The van der Waals surface area contributed by atoms with Gasteiger partial charge in [-0.05, 0) is 30.5 Å². The highest BCUT2D eigenvalue weighted by atomic mass is 16.5. The van der Waals surface area contributed by atoms with E-state index in [0.29, 0.717) is 12.6 Å². The summed E-state index contributed by atoms with van der Waals surface area (Å²) in [5, 5.41) is 12.7. The monoisotopic (exact) mass is 207 g/mol. The normalized spacial score (nSPS) is 26.3. The highest BCUT2D eigenvalue weighted by Crippen LogP contribution is 2.24. The van der Waals surface area contributed by atoms with Crippen molar-refractivity contribution in [1.82, 2.24) is 5.32 Å². The van der Waals surface area contributed by atoms with Gasteiger partial charge in [0.15, 0.2) is 0 Å². The van der Waals surface area contributed by atoms with Crippen LogP contribution in [-0.2, 0) is 0 Å². The van der Waals surface area contributed by atoms with Crippen molar-refractivity contribution in [2.75, 3.05) is 13.7 Å². The summed E-state index contributed by atoms with van der Waals surface area (Å²) >= 11 is 0. The van der Waals surface area contributed by atoms with Crippen molar-refractivity contribution in [3.05, 3.63) is 29.8 Å². The third-order valence-electron chi connectivity index (χ3n) is 2.91. The van der Waals surface area contributed by atoms with Crippen LogP contribution in [0.3, 0.4) is 0 Å². The minimum Gasteiger partial charge on any atom is -0.497 e. The quantitative estimate of drug-likeness (QED) is 0.772. The zero-order valence-corrected chi connectivity index (χ0v) is 8.94. The minimum absolute atomic E-state index is 0.181. The zero-order valence-electron chi connectivity index (χ0n) is 8.94. The molecule has 0 amide bonds. The number of β-amino-alcohol motifs (C(OH)–C–C–N with tert-alkyl or cyclic N) is 1. The molecule has 2 atom stereocenters. The van der Waals surface area contributed by atoms with Crippen LogP contribution in [0.25, 0.3) is 0 Å². The topological polar surface area (TPSA) is 41.5 Å². The van der Waals surface area contributed by atoms with Crippen LogP contribution in [0, 0.1) is 0 Å². The van der Waals surface area contributed by atoms with E-state index >= 15 is 0 Å². The van der Waals surface area contributed by atoms with E-state index in [9.17, 15) is 5.11 Å². The van der Waals surface area contributed by atoms with E-state index in [1.807, 2.05) is 12.1 Å². The second-order valence-electron chi connectivity index (χ2n) is 3.97. The lowest BCUT2D eigenvalue weighted by Gasteiger charge is -2.27. The number of nitrogens with one attached hydrogen (secondary N) is 1. The van der Waals surface area contributed by atoms with Crippen LogP contribution in [-0.4, -0.2) is 24.9 Å². The summed E-state index contributed by atoms with van der Waals surface area (Å²) < 4.78 is 5.11. The van der Waals surface area contributed by atoms with Gasteiger partial charge in [0.25, 0.3) is 0 Å². The van der Waals surface area contributed by atoms with Gasteiger partial charge >= 0.3 is 0 Å². The summed E-state index contributed by atoms with van der Waals surface area (Å²) in [6.07, 6.45) is 1.69. The van der Waals surface area contributed by atoms with E-state index in [4.69, 9.17) is 4.74 Å². The molecule has 1 aliphatic heterocycles. The van der Waals surface area contributed by atoms with Crippen molar-refractivity contribution < 1.29 is 9.84 Å². The van der Waals surface area contributed by atoms with Crippen LogP contribution in [0.15, 0.2) is 24.3 Å². The number of rotatable bonds is 2. The number of aliphatic hydroxyl groups excluding tert-OH is 1. The molecule has 2 N–H and O–H groups in total. The highest BCUT2D eigenvalue weighted by Gasteiger charge is 2.19. The molecule has 0 radical (unpaired) electrons. The molecule has 1 heterocycles. The van der Waals surface area contributed by atoms with Gasteiger partial charge in [0.2, 0.25) is 0 Å². The van der Waals surface area contributed by atoms with Crippen molar-refractivity contribution in [1.29, 1.82) is 0 Å². The predicted molar refractivity (Wildman–Crippen MR) is 59.0 cm³/mol. The maximum absolute atomic E-state index is 9.37. The molecule has 0 saturated carbocycles. The summed E-state index contributed by atoms with van der Waals surface area (Å²) in [5.74, 6) is 0.884. The van der Waals surface area contributed by atoms with Crippen LogP contribution >= 0.6 is 0 Å². The first kappa shape index (κ1) is 10.5. The average Bonchev–Trinajstić information content (AvgIpc) is 2.30. The van der Waals surface area contributed by atoms with Gasteiger partial charge in [-0.2, -0.15) is 0 Å². The van der Waals surface area contributed by atoms with Gasteiger partial charge in [0, 0.05) is 12.6 Å². The lowest BCUT2D eigenvalue weighted by atomic mass is 9.96. The van der Waals surface area contributed by atoms with E-state index in [2.05, 4.69) is 17.4 Å². The molecule has 1 saturated heterocycles. The predicted octanol–water partition coefficient (Wildman–Crippen LogP) is 1.48. The fraction of sp³-hybridized carbons (Fsp3) is 0.500. The fourth-order valence-electron chi connectivity index (χ4n) is 1.96. The van der Waals surface area contributed by atoms with E-state index in [-0.39, 0.29) is 6.10 Å². The van der Waals surface area contributed by atoms with E-state index in [0.717, 1.165) is 18.6 Å². The Morgan fingerprint density at radius 3 is 2.53 bits per heavy atom. The van der Waals surface area contributed by atoms with Gasteiger partial charge < -0.3 is 15.2 Å². The highest BCUT2D eigenvalue weighted by molar-refractivity contribution is 5.29. The first-order valence-electron chi connectivity index (χ1n) is 5.35. The van der Waals surface area contributed by atoms with Gasteiger partial charge in [-0.1, -0.05) is 12.1 Å². The molecule has 15 heavy (non-hydrogen) atoms. The van der Waals surface area contributed by atoms with Crippen molar-refractivity contribution in [2.45, 2.75) is 25.0 Å². The van der Waals surface area contributed by atoms with E-state index in [1.165, 1.54) is 5.56 Å². The second kappa shape index (κ2) is 4.64. The van der Waals surface area contributed by atoms with Gasteiger partial charge in [-0.15, -0.1) is 0 Å². The van der Waals surface area contributed by atoms with E-state index in [1.54, 1.807) is 7.11 Å². The van der Waals surface area contributed by atoms with Crippen LogP contribution in [0.5, 0.6) is 5.75 Å². The van der Waals surface area contributed by atoms with Crippen LogP contribution in [0.4, 0.5) is 0 Å². The molecule has 3 nitrogen and oxygen atoms in total. The van der Waals surface area contributed by atoms with Gasteiger partial charge in [-0.25, -0.2) is 0 Å². The standard InChI is InChI=1S/C12H17NO2/c1-15-11-5-2-9(3-6-11)12-7-4-10(14)8-13-12/h2-3,5-6,10,12-14H,4,7-8H2,1H3. The lowest BCUT2D eigenvalue weighted by Crippen LogP contribution is -2.36. The molecule has 82 valence electrons. The molecule has 3 heteroatoms. The van der Waals surface area contributed by atoms with Crippen LogP contribution in [0.1, 0.15) is 24.4 Å². The molecule has 1 aromatic rings. The van der Waals surface area contributed by atoms with Crippen molar-refractivity contribution in [2.24, 2.45) is 0 Å². The minimum atomic E-state index is -0.181. The molecule has 1 fully saturated rings. The molecule has 2 rings (SSSR count). The molecule has 0 aliphatic carbocycles. The Balaban J connectivity index is 2.03. The first-order valence-corrected chi connectivity index (χ1v) is 5.35. The maximum Gasteiger partial charge on any atom is 0.118 e. The molecule has 0 aromatic heterocycles. The average molecular weight is 207 g/mol. The Morgan fingerprint density at radius 2 is 2.00 bits per heavy atom. The molecule has 0 bridgehead atoms. The smallest absolute Gasteiger partial charge is 0.118 e. The number of hydrogen-bond donors (Lipinski definition) is 2. The summed E-state index contributed by atoms with van der Waals surface area (Å²) in [5.41, 5.74) is 1.27. The molecule has 1 aromatic carbocycles. The largest absolute Gasteiger partial charge is 0.497 e. The molecule has 1 aliphatic rings. The Kier molecular flexibility index (Phi) is 3.23. The molecular formula is C12H17NO2. The molecular weight excluding hydrogens is 190 g/mol. The van der Waals surface area contributed by atoms with Crippen molar-refractivity contribution >= 4 is 0 Å². The number of piperidine rings is 1. The second-order valence-corrected chi connectivity index (χ2v) is 3.97. The van der Waals surface area contributed by atoms with Crippen molar-refractivity contribution in [3.8, 4) is 5.75 Å². The lowest BCUT2D eigenvalue weighted by molar-refractivity contribution is 0.126. The Morgan fingerprint density at radius 1 is 1.27 bits per heavy atom. The first-order chi connectivity index (χ1) is 7.29. The maximum atomic E-state index is 9.37. The summed E-state index contributed by atoms with van der Waals surface area (Å²) in [6, 6.07) is 8.48. The SMILES string of the molecule is COc1ccc(C2CCC(O)CN2)cc1. The van der Waals surface area contributed by atoms with Gasteiger partial charge in [-0.3, -0.25) is 0 Å². The number of benzene rings is 1. The number of ether oxygens (including phenoxy) is 1. The Bertz CT molecular complexity index is 302. The van der Waals surface area contributed by atoms with Gasteiger partial charge in [0.05, 0.1) is 13.2 Å². The fourth-order valence-corrected chi connectivity index (χ4v) is 1.96.